The van der Waals surface area contributed by atoms with Gasteiger partial charge in [0.15, 0.2) is 0 Å². The van der Waals surface area contributed by atoms with Gasteiger partial charge >= 0.3 is 0 Å². The molecule has 0 saturated heterocycles. The molecule has 0 aliphatic heterocycles. The van der Waals surface area contributed by atoms with Crippen LogP contribution in [0.25, 0.3) is 0 Å². The molecule has 0 aliphatic carbocycles. The molecule has 0 bridgehead atoms. The predicted octanol–water partition coefficient (Wildman–Crippen LogP) is 5.05. The van der Waals surface area contributed by atoms with E-state index in [0.29, 0.717) is 28.6 Å². The molecule has 120 valence electrons. The maximum atomic E-state index is 11.3. The van der Waals surface area contributed by atoms with E-state index in [1.807, 2.05) is 22.9 Å². The fourth-order valence-electron chi connectivity index (χ4n) is 2.69. The molecule has 1 aromatic heterocycles. The highest BCUT2D eigenvalue weighted by molar-refractivity contribution is 6.42. The summed E-state index contributed by atoms with van der Waals surface area (Å²) in [6.45, 7) is 2.59. The third-order valence-electron chi connectivity index (χ3n) is 3.90. The third kappa shape index (κ3) is 4.25. The highest BCUT2D eigenvalue weighted by Crippen LogP contribution is 2.37. The van der Waals surface area contributed by atoms with Crippen LogP contribution in [0.15, 0.2) is 36.9 Å². The minimum absolute atomic E-state index is 0.416. The van der Waals surface area contributed by atoms with Gasteiger partial charge in [-0.05, 0) is 12.5 Å². The van der Waals surface area contributed by atoms with Crippen molar-refractivity contribution in [1.82, 2.24) is 9.55 Å². The molecule has 0 amide bonds. The average molecular weight is 341 g/mol. The Bertz CT molecular complexity index is 586. The number of rotatable bonds is 8. The standard InChI is InChI=1S/C17H22Cl2N2O/c1-2-3-4-5-9-17(22,12-21-11-10-20-13-21)14-7-6-8-15(18)16(14)19/h6-8,10-11,13,22H,2-5,9,12H2,1H3. The number of nitrogens with zero attached hydrogens (tertiary/aromatic N) is 2. The Hall–Kier alpha value is -1.03. The van der Waals surface area contributed by atoms with E-state index >= 15 is 0 Å². The Balaban J connectivity index is 2.25. The van der Waals surface area contributed by atoms with E-state index in [4.69, 9.17) is 23.2 Å². The summed E-state index contributed by atoms with van der Waals surface area (Å²) in [7, 11) is 0. The highest BCUT2D eigenvalue weighted by Gasteiger charge is 2.32. The lowest BCUT2D eigenvalue weighted by atomic mass is 9.87. The van der Waals surface area contributed by atoms with Gasteiger partial charge in [-0.2, -0.15) is 0 Å². The summed E-state index contributed by atoms with van der Waals surface area (Å²) >= 11 is 12.5. The van der Waals surface area contributed by atoms with Crippen molar-refractivity contribution in [2.75, 3.05) is 0 Å². The van der Waals surface area contributed by atoms with Crippen LogP contribution in [0.3, 0.4) is 0 Å². The second-order valence-corrected chi connectivity index (χ2v) is 6.46. The molecule has 1 atom stereocenters. The van der Waals surface area contributed by atoms with Crippen molar-refractivity contribution in [3.05, 3.63) is 52.5 Å². The van der Waals surface area contributed by atoms with Crippen molar-refractivity contribution in [1.29, 1.82) is 0 Å². The van der Waals surface area contributed by atoms with Crippen LogP contribution in [0.5, 0.6) is 0 Å². The number of unbranched alkanes of at least 4 members (excludes halogenated alkanes) is 3. The summed E-state index contributed by atoms with van der Waals surface area (Å²) in [5, 5.41) is 12.2. The molecular formula is C17H22Cl2N2O. The van der Waals surface area contributed by atoms with Gasteiger partial charge in [0.1, 0.15) is 5.60 Å². The molecule has 0 aliphatic rings. The van der Waals surface area contributed by atoms with Gasteiger partial charge in [-0.25, -0.2) is 4.98 Å². The molecule has 0 radical (unpaired) electrons. The Morgan fingerprint density at radius 3 is 2.73 bits per heavy atom. The first-order valence-electron chi connectivity index (χ1n) is 7.69. The summed E-state index contributed by atoms with van der Waals surface area (Å²) in [5.74, 6) is 0. The third-order valence-corrected chi connectivity index (χ3v) is 4.72. The van der Waals surface area contributed by atoms with Crippen molar-refractivity contribution in [2.24, 2.45) is 0 Å². The lowest BCUT2D eigenvalue weighted by Crippen LogP contribution is -2.31. The number of aliphatic hydroxyl groups is 1. The maximum Gasteiger partial charge on any atom is 0.109 e. The van der Waals surface area contributed by atoms with Crippen LogP contribution in [0.4, 0.5) is 0 Å². The maximum absolute atomic E-state index is 11.3. The molecule has 1 aromatic carbocycles. The van der Waals surface area contributed by atoms with Crippen LogP contribution in [-0.4, -0.2) is 14.7 Å². The first-order chi connectivity index (χ1) is 10.6. The van der Waals surface area contributed by atoms with Crippen LogP contribution < -0.4 is 0 Å². The van der Waals surface area contributed by atoms with Gasteiger partial charge in [-0.3, -0.25) is 0 Å². The van der Waals surface area contributed by atoms with E-state index in [0.717, 1.165) is 19.3 Å². The van der Waals surface area contributed by atoms with Gasteiger partial charge < -0.3 is 9.67 Å². The van der Waals surface area contributed by atoms with Gasteiger partial charge in [-0.15, -0.1) is 0 Å². The summed E-state index contributed by atoms with van der Waals surface area (Å²) in [5.41, 5.74) is -0.358. The summed E-state index contributed by atoms with van der Waals surface area (Å²) in [4.78, 5) is 4.04. The smallest absolute Gasteiger partial charge is 0.109 e. The number of halogens is 2. The summed E-state index contributed by atoms with van der Waals surface area (Å²) in [6, 6.07) is 5.42. The summed E-state index contributed by atoms with van der Waals surface area (Å²) < 4.78 is 1.87. The van der Waals surface area contributed by atoms with Crippen molar-refractivity contribution in [3.63, 3.8) is 0 Å². The van der Waals surface area contributed by atoms with Gasteiger partial charge in [0.2, 0.25) is 0 Å². The molecule has 0 saturated carbocycles. The zero-order valence-electron chi connectivity index (χ0n) is 12.8. The SMILES string of the molecule is CCCCCCC(O)(Cn1ccnc1)c1cccc(Cl)c1Cl. The largest absolute Gasteiger partial charge is 0.383 e. The van der Waals surface area contributed by atoms with E-state index in [1.165, 1.54) is 6.42 Å². The lowest BCUT2D eigenvalue weighted by molar-refractivity contribution is 0.00718. The minimum atomic E-state index is -1.05. The first kappa shape index (κ1) is 17.3. The zero-order valence-corrected chi connectivity index (χ0v) is 14.3. The van der Waals surface area contributed by atoms with Gasteiger partial charge in [0.05, 0.1) is 22.9 Å². The van der Waals surface area contributed by atoms with Crippen molar-refractivity contribution >= 4 is 23.2 Å². The molecule has 2 rings (SSSR count). The molecule has 1 unspecified atom stereocenters. The van der Waals surface area contributed by atoms with E-state index in [9.17, 15) is 5.11 Å². The zero-order chi connectivity index (χ0) is 16.0. The van der Waals surface area contributed by atoms with Crippen LogP contribution in [0.2, 0.25) is 10.0 Å². The molecular weight excluding hydrogens is 319 g/mol. The van der Waals surface area contributed by atoms with Crippen LogP contribution in [0.1, 0.15) is 44.6 Å². The van der Waals surface area contributed by atoms with E-state index in [1.54, 1.807) is 18.6 Å². The molecule has 1 N–H and O–H groups in total. The lowest BCUT2D eigenvalue weighted by Gasteiger charge is -2.30. The second kappa shape index (κ2) is 8.00. The molecule has 2 aromatic rings. The topological polar surface area (TPSA) is 38.0 Å². The van der Waals surface area contributed by atoms with Crippen molar-refractivity contribution in [2.45, 2.75) is 51.2 Å². The molecule has 5 heteroatoms. The Kier molecular flexibility index (Phi) is 6.30. The molecule has 0 spiro atoms. The van der Waals surface area contributed by atoms with Crippen molar-refractivity contribution in [3.8, 4) is 0 Å². The number of hydrogen-bond donors (Lipinski definition) is 1. The Labute approximate surface area is 141 Å². The first-order valence-corrected chi connectivity index (χ1v) is 8.45. The van der Waals surface area contributed by atoms with Crippen molar-refractivity contribution < 1.29 is 5.11 Å². The highest BCUT2D eigenvalue weighted by atomic mass is 35.5. The molecule has 1 heterocycles. The average Bonchev–Trinajstić information content (AvgIpc) is 2.99. The van der Waals surface area contributed by atoms with E-state index in [2.05, 4.69) is 11.9 Å². The number of hydrogen-bond acceptors (Lipinski definition) is 2. The van der Waals surface area contributed by atoms with Crippen LogP contribution in [-0.2, 0) is 12.1 Å². The summed E-state index contributed by atoms with van der Waals surface area (Å²) in [6.07, 6.45) is 10.3. The van der Waals surface area contributed by atoms with E-state index < -0.39 is 5.60 Å². The number of aromatic nitrogens is 2. The van der Waals surface area contributed by atoms with Crippen LogP contribution >= 0.6 is 23.2 Å². The number of benzene rings is 1. The van der Waals surface area contributed by atoms with Gasteiger partial charge in [-0.1, -0.05) is 67.9 Å². The monoisotopic (exact) mass is 340 g/mol. The van der Waals surface area contributed by atoms with Gasteiger partial charge in [0, 0.05) is 18.0 Å². The Morgan fingerprint density at radius 1 is 1.23 bits per heavy atom. The van der Waals surface area contributed by atoms with E-state index in [-0.39, 0.29) is 0 Å². The quantitative estimate of drug-likeness (QED) is 0.683. The normalized spacial score (nSPS) is 14.0. The predicted molar refractivity (Wildman–Crippen MR) is 91.3 cm³/mol. The number of imidazole rings is 1. The minimum Gasteiger partial charge on any atom is -0.383 e. The fourth-order valence-corrected chi connectivity index (χ4v) is 3.17. The fraction of sp³-hybridized carbons (Fsp3) is 0.471. The molecule has 22 heavy (non-hydrogen) atoms. The van der Waals surface area contributed by atoms with Gasteiger partial charge in [0.25, 0.3) is 0 Å². The Morgan fingerprint density at radius 2 is 2.05 bits per heavy atom. The molecule has 0 fully saturated rings. The molecule has 3 nitrogen and oxygen atoms in total. The van der Waals surface area contributed by atoms with Crippen LogP contribution in [0, 0.1) is 0 Å². The second-order valence-electron chi connectivity index (χ2n) is 5.68.